The van der Waals surface area contributed by atoms with E-state index in [2.05, 4.69) is 26.3 Å². The molecule has 1 aliphatic heterocycles. The number of rotatable bonds is 16. The van der Waals surface area contributed by atoms with Crippen LogP contribution in [0, 0.1) is 11.3 Å². The van der Waals surface area contributed by atoms with Gasteiger partial charge in [0.15, 0.2) is 0 Å². The van der Waals surface area contributed by atoms with E-state index in [1.165, 1.54) is 4.90 Å². The van der Waals surface area contributed by atoms with Crippen LogP contribution in [-0.2, 0) is 54.8 Å². The van der Waals surface area contributed by atoms with Crippen molar-refractivity contribution >= 4 is 23.8 Å². The molecule has 272 valence electrons. The van der Waals surface area contributed by atoms with Gasteiger partial charge in [-0.05, 0) is 73.8 Å². The molecular weight excluding hydrogens is 628 g/mol. The fourth-order valence-electron chi connectivity index (χ4n) is 5.27. The number of carbonyl (C=O) groups is 4. The van der Waals surface area contributed by atoms with Crippen LogP contribution in [0.5, 0.6) is 0 Å². The number of ether oxygens (including phenoxy) is 2. The van der Waals surface area contributed by atoms with Crippen LogP contribution in [0.1, 0.15) is 106 Å². The van der Waals surface area contributed by atoms with Gasteiger partial charge in [0, 0.05) is 37.8 Å². The zero-order chi connectivity index (χ0) is 36.6. The molecule has 3 rings (SSSR count). The van der Waals surface area contributed by atoms with Crippen molar-refractivity contribution < 1.29 is 28.7 Å². The van der Waals surface area contributed by atoms with Crippen LogP contribution >= 0.6 is 0 Å². The number of nitrogens with one attached hydrogen (secondary N) is 1. The van der Waals surface area contributed by atoms with Crippen molar-refractivity contribution in [2.75, 3.05) is 19.6 Å². The highest BCUT2D eigenvalue weighted by atomic mass is 16.6. The van der Waals surface area contributed by atoms with Gasteiger partial charge in [0.25, 0.3) is 0 Å². The molecule has 1 aliphatic rings. The summed E-state index contributed by atoms with van der Waals surface area (Å²) in [6.45, 7) is 16.9. The van der Waals surface area contributed by atoms with Gasteiger partial charge in [0.05, 0.1) is 25.7 Å². The Bertz CT molecular complexity index is 1330. The molecule has 1 fully saturated rings. The van der Waals surface area contributed by atoms with Crippen LogP contribution < -0.4 is 5.32 Å². The third-order valence-electron chi connectivity index (χ3n) is 7.31. The van der Waals surface area contributed by atoms with Gasteiger partial charge in [-0.1, -0.05) is 20.3 Å². The highest BCUT2D eigenvalue weighted by molar-refractivity contribution is 5.85. The molecule has 1 N–H and O–H groups in total. The molecule has 0 radical (unpaired) electrons. The van der Waals surface area contributed by atoms with E-state index in [0.29, 0.717) is 50.7 Å². The second kappa shape index (κ2) is 19.7. The maximum Gasteiger partial charge on any atom is 0.326 e. The minimum absolute atomic E-state index is 0.0280. The van der Waals surface area contributed by atoms with E-state index in [1.807, 2.05) is 55.4 Å². The van der Waals surface area contributed by atoms with Crippen molar-refractivity contribution in [3.8, 4) is 6.07 Å². The first-order chi connectivity index (χ1) is 23.1. The zero-order valence-electron chi connectivity index (χ0n) is 30.7. The number of amides is 2. The largest absolute Gasteiger partial charge is 0.459 e. The minimum atomic E-state index is -0.601. The van der Waals surface area contributed by atoms with Gasteiger partial charge in [-0.25, -0.2) is 9.97 Å². The van der Waals surface area contributed by atoms with Crippen LogP contribution in [0.15, 0.2) is 24.8 Å². The van der Waals surface area contributed by atoms with Gasteiger partial charge in [-0.3, -0.25) is 24.1 Å². The maximum atomic E-state index is 12.5. The van der Waals surface area contributed by atoms with Crippen LogP contribution in [0.2, 0.25) is 0 Å². The lowest BCUT2D eigenvalue weighted by Gasteiger charge is -2.24. The van der Waals surface area contributed by atoms with Gasteiger partial charge < -0.3 is 28.8 Å². The number of aromatic nitrogens is 4. The van der Waals surface area contributed by atoms with E-state index >= 15 is 0 Å². The molecule has 0 aromatic carbocycles. The van der Waals surface area contributed by atoms with Gasteiger partial charge in [-0.15, -0.1) is 0 Å². The Balaban J connectivity index is 0.00000409. The Hall–Kier alpha value is -4.25. The third kappa shape index (κ3) is 15.2. The molecule has 1 saturated heterocycles. The predicted molar refractivity (Wildman–Crippen MR) is 183 cm³/mol. The quantitative estimate of drug-likeness (QED) is 0.202. The number of nitriles is 1. The molecule has 14 heteroatoms. The average Bonchev–Trinajstić information content (AvgIpc) is 3.77. The Morgan fingerprint density at radius 2 is 1.43 bits per heavy atom. The SMILES string of the molecule is CC.CC(C)(C)OC(=O)Cn1ccnc1CN(CCCCCC(=O)NCC(=O)N1CCCC1C#N)Cc1nccn1CC(=O)OC(C)(C)C. The second-order valence-corrected chi connectivity index (χ2v) is 13.8. The molecule has 0 saturated carbocycles. The molecule has 0 bridgehead atoms. The summed E-state index contributed by atoms with van der Waals surface area (Å²) in [6.07, 6.45) is 10.7. The fraction of sp³-hybridized carbons (Fsp3) is 0.686. The Kier molecular flexibility index (Phi) is 16.4. The topological polar surface area (TPSA) is 165 Å². The van der Waals surface area contributed by atoms with Gasteiger partial charge in [0.1, 0.15) is 42.0 Å². The highest BCUT2D eigenvalue weighted by Gasteiger charge is 2.28. The molecule has 2 amide bonds. The Morgan fingerprint density at radius 3 is 1.92 bits per heavy atom. The maximum absolute atomic E-state index is 12.5. The van der Waals surface area contributed by atoms with Crippen molar-refractivity contribution in [1.29, 1.82) is 5.26 Å². The normalized spacial score (nSPS) is 14.5. The van der Waals surface area contributed by atoms with E-state index in [4.69, 9.17) is 9.47 Å². The fourth-order valence-corrected chi connectivity index (χ4v) is 5.27. The van der Waals surface area contributed by atoms with Crippen LogP contribution in [0.25, 0.3) is 0 Å². The smallest absolute Gasteiger partial charge is 0.326 e. The Labute approximate surface area is 291 Å². The summed E-state index contributed by atoms with van der Waals surface area (Å²) in [7, 11) is 0. The van der Waals surface area contributed by atoms with Gasteiger partial charge in [0.2, 0.25) is 11.8 Å². The molecule has 3 heterocycles. The number of imidazole rings is 2. The lowest BCUT2D eigenvalue weighted by atomic mass is 10.1. The third-order valence-corrected chi connectivity index (χ3v) is 7.31. The summed E-state index contributed by atoms with van der Waals surface area (Å²) in [5.74, 6) is 0.218. The van der Waals surface area contributed by atoms with Crippen molar-refractivity contribution in [2.45, 2.75) is 137 Å². The van der Waals surface area contributed by atoms with Crippen molar-refractivity contribution in [1.82, 2.24) is 34.2 Å². The van der Waals surface area contributed by atoms with Crippen molar-refractivity contribution in [2.24, 2.45) is 0 Å². The van der Waals surface area contributed by atoms with E-state index in [9.17, 15) is 24.4 Å². The first-order valence-corrected chi connectivity index (χ1v) is 17.3. The highest BCUT2D eigenvalue weighted by Crippen LogP contribution is 2.17. The van der Waals surface area contributed by atoms with Gasteiger partial charge >= 0.3 is 11.9 Å². The summed E-state index contributed by atoms with van der Waals surface area (Å²) in [4.78, 5) is 62.6. The lowest BCUT2D eigenvalue weighted by molar-refractivity contribution is -0.156. The molecule has 0 aliphatic carbocycles. The van der Waals surface area contributed by atoms with Crippen LogP contribution in [0.4, 0.5) is 0 Å². The van der Waals surface area contributed by atoms with Crippen LogP contribution in [-0.4, -0.2) is 89.5 Å². The molecule has 14 nitrogen and oxygen atoms in total. The number of likely N-dealkylation sites (tertiary alicyclic amines) is 1. The van der Waals surface area contributed by atoms with Crippen molar-refractivity contribution in [3.63, 3.8) is 0 Å². The molecular formula is C35H56N8O6. The monoisotopic (exact) mass is 684 g/mol. The average molecular weight is 685 g/mol. The number of hydrogen-bond donors (Lipinski definition) is 1. The van der Waals surface area contributed by atoms with Gasteiger partial charge in [-0.2, -0.15) is 5.26 Å². The number of nitrogens with zero attached hydrogens (tertiary/aromatic N) is 7. The number of unbranched alkanes of at least 4 members (excludes halogenated alkanes) is 2. The van der Waals surface area contributed by atoms with E-state index in [1.54, 1.807) is 33.9 Å². The molecule has 49 heavy (non-hydrogen) atoms. The predicted octanol–water partition coefficient (Wildman–Crippen LogP) is 3.98. The molecule has 1 unspecified atom stereocenters. The summed E-state index contributed by atoms with van der Waals surface area (Å²) in [5, 5.41) is 11.9. The zero-order valence-corrected chi connectivity index (χ0v) is 30.7. The first kappa shape index (κ1) is 40.9. The molecule has 2 aromatic heterocycles. The molecule has 0 spiro atoms. The minimum Gasteiger partial charge on any atom is -0.459 e. The standard InChI is InChI=1S/C33H50N8O6.C2H6/c1-32(2,3)46-30(44)23-39-17-13-35-26(39)21-38(22-27-36-14-18-40(27)24-31(45)47-33(4,5)6)15-9-7-8-12-28(42)37-20-29(43)41-16-10-11-25(41)19-34;1-2/h13-14,17-18,25H,7-12,15-16,20-24H2,1-6H3,(H,37,42);1-2H3. The summed E-state index contributed by atoms with van der Waals surface area (Å²) >= 11 is 0. The van der Waals surface area contributed by atoms with Crippen molar-refractivity contribution in [3.05, 3.63) is 36.4 Å². The second-order valence-electron chi connectivity index (χ2n) is 13.8. The first-order valence-electron chi connectivity index (χ1n) is 17.3. The van der Waals surface area contributed by atoms with E-state index in [0.717, 1.165) is 19.3 Å². The van der Waals surface area contributed by atoms with Crippen LogP contribution in [0.3, 0.4) is 0 Å². The number of hydrogen-bond acceptors (Lipinski definition) is 10. The number of carbonyl (C=O) groups excluding carboxylic acids is 4. The molecule has 2 aromatic rings. The summed E-state index contributed by atoms with van der Waals surface area (Å²) in [5.41, 5.74) is -1.20. The Morgan fingerprint density at radius 1 is 0.898 bits per heavy atom. The number of esters is 2. The molecule has 1 atom stereocenters. The summed E-state index contributed by atoms with van der Waals surface area (Å²) in [6, 6.07) is 1.73. The van der Waals surface area contributed by atoms with E-state index < -0.39 is 17.2 Å². The summed E-state index contributed by atoms with van der Waals surface area (Å²) < 4.78 is 14.5. The lowest BCUT2D eigenvalue weighted by Crippen LogP contribution is -2.42. The van der Waals surface area contributed by atoms with E-state index in [-0.39, 0.29) is 49.8 Å².